The summed E-state index contributed by atoms with van der Waals surface area (Å²) in [5.41, 5.74) is 0.903. The van der Waals surface area contributed by atoms with Crippen molar-refractivity contribution in [2.24, 2.45) is 0 Å². The van der Waals surface area contributed by atoms with Crippen molar-refractivity contribution in [3.8, 4) is 0 Å². The summed E-state index contributed by atoms with van der Waals surface area (Å²) in [7, 11) is 0. The second-order valence-electron chi connectivity index (χ2n) is 9.56. The Hall–Kier alpha value is -3.96. The molecule has 11 nitrogen and oxygen atoms in total. The van der Waals surface area contributed by atoms with Crippen LogP contribution in [-0.2, 0) is 34.1 Å². The molecular weight excluding hydrogens is 528 g/mol. The Labute approximate surface area is 240 Å². The Morgan fingerprint density at radius 1 is 0.951 bits per heavy atom. The maximum atomic E-state index is 14.2. The van der Waals surface area contributed by atoms with E-state index in [2.05, 4.69) is 16.0 Å². The highest BCUT2D eigenvalue weighted by Gasteiger charge is 2.53. The highest BCUT2D eigenvalue weighted by Crippen LogP contribution is 2.42. The van der Waals surface area contributed by atoms with Crippen LogP contribution in [0.3, 0.4) is 0 Å². The van der Waals surface area contributed by atoms with Gasteiger partial charge in [0.2, 0.25) is 5.91 Å². The molecule has 1 atom stereocenters. The van der Waals surface area contributed by atoms with Crippen molar-refractivity contribution in [3.63, 3.8) is 0 Å². The van der Waals surface area contributed by atoms with Crippen molar-refractivity contribution in [2.45, 2.75) is 58.8 Å². The smallest absolute Gasteiger partial charge is 0.320 e. The van der Waals surface area contributed by atoms with E-state index in [9.17, 15) is 19.2 Å². The van der Waals surface area contributed by atoms with Crippen LogP contribution in [0.15, 0.2) is 48.5 Å². The van der Waals surface area contributed by atoms with E-state index in [1.165, 1.54) is 4.90 Å². The monoisotopic (exact) mass is 568 g/mol. The number of hydrogen-bond acceptors (Lipinski definition) is 7. The van der Waals surface area contributed by atoms with Crippen molar-refractivity contribution in [3.05, 3.63) is 59.7 Å². The number of ether oxygens (including phenoxy) is 3. The lowest BCUT2D eigenvalue weighted by Gasteiger charge is -2.30. The number of para-hydroxylation sites is 1. The third-order valence-corrected chi connectivity index (χ3v) is 6.55. The second kappa shape index (κ2) is 15.2. The van der Waals surface area contributed by atoms with Crippen LogP contribution in [0.2, 0.25) is 0 Å². The molecule has 0 unspecified atom stereocenters. The Kier molecular flexibility index (Phi) is 11.7. The zero-order valence-corrected chi connectivity index (χ0v) is 24.2. The number of benzene rings is 2. The summed E-state index contributed by atoms with van der Waals surface area (Å²) in [6.07, 6.45) is -0.521. The van der Waals surface area contributed by atoms with Gasteiger partial charge in [0.05, 0.1) is 25.3 Å². The van der Waals surface area contributed by atoms with Crippen molar-refractivity contribution in [1.29, 1.82) is 0 Å². The van der Waals surface area contributed by atoms with E-state index < -0.39 is 29.7 Å². The average molecular weight is 569 g/mol. The van der Waals surface area contributed by atoms with Crippen LogP contribution >= 0.6 is 0 Å². The van der Waals surface area contributed by atoms with Crippen molar-refractivity contribution < 1.29 is 33.4 Å². The summed E-state index contributed by atoms with van der Waals surface area (Å²) in [4.78, 5) is 53.9. The minimum atomic E-state index is -1.69. The lowest BCUT2D eigenvalue weighted by Crippen LogP contribution is -2.57. The van der Waals surface area contributed by atoms with E-state index in [-0.39, 0.29) is 38.5 Å². The molecule has 4 amide bonds. The molecule has 0 saturated carbocycles. The lowest BCUT2D eigenvalue weighted by atomic mass is 9.87. The normalized spacial score (nSPS) is 15.9. The van der Waals surface area contributed by atoms with E-state index in [0.717, 1.165) is 5.56 Å². The van der Waals surface area contributed by atoms with Gasteiger partial charge in [-0.1, -0.05) is 35.9 Å². The first-order chi connectivity index (χ1) is 19.7. The quantitative estimate of drug-likeness (QED) is 0.170. The predicted molar refractivity (Wildman–Crippen MR) is 154 cm³/mol. The number of aryl methyl sites for hydroxylation is 1. The average Bonchev–Trinajstić information content (AvgIpc) is 3.15. The molecule has 2 aromatic carbocycles. The lowest BCUT2D eigenvalue weighted by molar-refractivity contribution is -0.143. The minimum Gasteiger partial charge on any atom is -0.466 e. The molecule has 0 aliphatic carbocycles. The largest absolute Gasteiger partial charge is 0.466 e. The molecule has 0 bridgehead atoms. The SMILES string of the molecule is CCOC(=O)CCCNC(=O)C[C@@]1(NC(=O)Nc2ccc(C)cc2)C(=O)N(CC(OCC)OCC)c2ccccc21. The van der Waals surface area contributed by atoms with Gasteiger partial charge in [-0.05, 0) is 52.3 Å². The third-order valence-electron chi connectivity index (χ3n) is 6.55. The number of hydrogen-bond donors (Lipinski definition) is 3. The maximum absolute atomic E-state index is 14.2. The van der Waals surface area contributed by atoms with E-state index in [1.54, 1.807) is 43.3 Å². The molecule has 3 N–H and O–H groups in total. The molecule has 0 saturated heterocycles. The van der Waals surface area contributed by atoms with Gasteiger partial charge in [-0.2, -0.15) is 0 Å². The molecule has 1 aliphatic heterocycles. The summed E-state index contributed by atoms with van der Waals surface area (Å²) in [6.45, 7) is 8.65. The zero-order chi connectivity index (χ0) is 29.8. The van der Waals surface area contributed by atoms with E-state index in [4.69, 9.17) is 14.2 Å². The third kappa shape index (κ3) is 8.27. The minimum absolute atomic E-state index is 0.0711. The number of urea groups is 1. The van der Waals surface area contributed by atoms with Gasteiger partial charge in [0.15, 0.2) is 11.8 Å². The molecule has 41 heavy (non-hydrogen) atoms. The highest BCUT2D eigenvalue weighted by molar-refractivity contribution is 6.12. The number of carbonyl (C=O) groups is 4. The number of carbonyl (C=O) groups excluding carboxylic acids is 4. The van der Waals surface area contributed by atoms with Crippen LogP contribution in [0.1, 0.15) is 51.2 Å². The van der Waals surface area contributed by atoms with Crippen LogP contribution in [-0.4, -0.2) is 63.0 Å². The fraction of sp³-hybridized carbons (Fsp3) is 0.467. The number of nitrogens with zero attached hydrogens (tertiary/aromatic N) is 1. The fourth-order valence-electron chi connectivity index (χ4n) is 4.71. The maximum Gasteiger partial charge on any atom is 0.320 e. The Bertz CT molecular complexity index is 1200. The molecule has 222 valence electrons. The number of anilines is 2. The van der Waals surface area contributed by atoms with Crippen LogP contribution in [0, 0.1) is 6.92 Å². The van der Waals surface area contributed by atoms with Crippen molar-refractivity contribution in [2.75, 3.05) is 43.1 Å². The summed E-state index contributed by atoms with van der Waals surface area (Å²) in [6, 6.07) is 13.6. The summed E-state index contributed by atoms with van der Waals surface area (Å²) in [5, 5.41) is 8.36. The molecule has 1 heterocycles. The first kappa shape index (κ1) is 31.6. The van der Waals surface area contributed by atoms with Crippen LogP contribution in [0.4, 0.5) is 16.2 Å². The van der Waals surface area contributed by atoms with Crippen LogP contribution < -0.4 is 20.9 Å². The second-order valence-corrected chi connectivity index (χ2v) is 9.56. The Morgan fingerprint density at radius 3 is 2.29 bits per heavy atom. The van der Waals surface area contributed by atoms with Gasteiger partial charge in [0.1, 0.15) is 0 Å². The molecule has 3 rings (SSSR count). The molecule has 11 heteroatoms. The number of nitrogens with one attached hydrogen (secondary N) is 3. The predicted octanol–water partition coefficient (Wildman–Crippen LogP) is 3.61. The van der Waals surface area contributed by atoms with E-state index >= 15 is 0 Å². The molecule has 0 aromatic heterocycles. The summed E-state index contributed by atoms with van der Waals surface area (Å²) >= 11 is 0. The van der Waals surface area contributed by atoms with Gasteiger partial charge in [0, 0.05) is 37.4 Å². The van der Waals surface area contributed by atoms with Gasteiger partial charge in [-0.15, -0.1) is 0 Å². The molecule has 0 fully saturated rings. The molecule has 1 aliphatic rings. The zero-order valence-electron chi connectivity index (χ0n) is 24.2. The molecule has 2 aromatic rings. The van der Waals surface area contributed by atoms with Gasteiger partial charge in [-0.3, -0.25) is 14.4 Å². The van der Waals surface area contributed by atoms with Crippen LogP contribution in [0.25, 0.3) is 0 Å². The number of rotatable bonds is 15. The van der Waals surface area contributed by atoms with Crippen LogP contribution in [0.5, 0.6) is 0 Å². The summed E-state index contributed by atoms with van der Waals surface area (Å²) < 4.78 is 16.3. The van der Waals surface area contributed by atoms with Crippen molar-refractivity contribution >= 4 is 35.2 Å². The Morgan fingerprint density at radius 2 is 1.63 bits per heavy atom. The van der Waals surface area contributed by atoms with E-state index in [0.29, 0.717) is 36.6 Å². The molecular formula is C30H40N4O7. The standard InChI is InChI=1S/C30H40N4O7/c1-5-39-26(36)13-10-18-31-25(35)19-30(33-29(38)32-22-16-14-21(4)15-17-22)23-11-8-9-12-24(23)34(28(30)37)20-27(40-6-2)41-7-3/h8-9,11-12,14-17,27H,5-7,10,13,18-20H2,1-4H3,(H,31,35)(H2,32,33,38)/t30-/m0/s1. The van der Waals surface area contributed by atoms with E-state index in [1.807, 2.05) is 32.9 Å². The molecule has 0 radical (unpaired) electrons. The fourth-order valence-corrected chi connectivity index (χ4v) is 4.71. The van der Waals surface area contributed by atoms with Gasteiger partial charge in [0.25, 0.3) is 5.91 Å². The van der Waals surface area contributed by atoms with Gasteiger partial charge < -0.3 is 35.1 Å². The topological polar surface area (TPSA) is 135 Å². The molecule has 0 spiro atoms. The first-order valence-corrected chi connectivity index (χ1v) is 14.0. The van der Waals surface area contributed by atoms with Gasteiger partial charge in [-0.25, -0.2) is 4.79 Å². The summed E-state index contributed by atoms with van der Waals surface area (Å²) in [5.74, 6) is -1.29. The first-order valence-electron chi connectivity index (χ1n) is 14.0. The van der Waals surface area contributed by atoms with Crippen molar-refractivity contribution in [1.82, 2.24) is 10.6 Å². The van der Waals surface area contributed by atoms with Gasteiger partial charge >= 0.3 is 12.0 Å². The highest BCUT2D eigenvalue weighted by atomic mass is 16.7. The number of fused-ring (bicyclic) bond motifs is 1. The number of amides is 4. The number of esters is 1. The Balaban J connectivity index is 1.88.